The van der Waals surface area contributed by atoms with Crippen LogP contribution >= 0.6 is 0 Å². The van der Waals surface area contributed by atoms with Crippen molar-refractivity contribution in [3.63, 3.8) is 0 Å². The van der Waals surface area contributed by atoms with E-state index in [1.54, 1.807) is 0 Å². The molecule has 114 valence electrons. The number of amides is 1. The Kier molecular flexibility index (Phi) is 4.37. The second kappa shape index (κ2) is 6.07. The fraction of sp³-hybridized carbons (Fsp3) is 0.944. The van der Waals surface area contributed by atoms with Crippen LogP contribution in [0, 0.1) is 17.8 Å². The summed E-state index contributed by atoms with van der Waals surface area (Å²) in [6.45, 7) is 2.24. The molecule has 4 fully saturated rings. The van der Waals surface area contributed by atoms with Gasteiger partial charge < -0.3 is 5.32 Å². The molecule has 0 unspecified atom stereocenters. The Balaban J connectivity index is 1.44. The molecule has 0 spiro atoms. The predicted octanol–water partition coefficient (Wildman–Crippen LogP) is 4.43. The lowest BCUT2D eigenvalue weighted by molar-refractivity contribution is -0.127. The van der Waals surface area contributed by atoms with Crippen LogP contribution < -0.4 is 5.32 Å². The van der Waals surface area contributed by atoms with Gasteiger partial charge in [0.05, 0.1) is 0 Å². The largest absolute Gasteiger partial charge is 0.351 e. The van der Waals surface area contributed by atoms with Crippen LogP contribution in [0.1, 0.15) is 84.0 Å². The summed E-state index contributed by atoms with van der Waals surface area (Å²) in [5.41, 5.74) is 0.218. The Morgan fingerprint density at radius 2 is 1.50 bits per heavy atom. The number of unbranched alkanes of at least 4 members (excludes halogenated alkanes) is 4. The Hall–Kier alpha value is -0.530. The Bertz CT molecular complexity index is 314. The fourth-order valence-corrected chi connectivity index (χ4v) is 5.51. The average molecular weight is 277 g/mol. The zero-order chi connectivity index (χ0) is 14.0. The zero-order valence-electron chi connectivity index (χ0n) is 13.1. The highest BCUT2D eigenvalue weighted by molar-refractivity contribution is 5.76. The van der Waals surface area contributed by atoms with Gasteiger partial charge in [-0.1, -0.05) is 32.6 Å². The Morgan fingerprint density at radius 1 is 0.950 bits per heavy atom. The van der Waals surface area contributed by atoms with E-state index in [0.29, 0.717) is 5.91 Å². The van der Waals surface area contributed by atoms with E-state index >= 15 is 0 Å². The van der Waals surface area contributed by atoms with Gasteiger partial charge in [0.2, 0.25) is 5.91 Å². The van der Waals surface area contributed by atoms with Crippen LogP contribution in [-0.2, 0) is 4.79 Å². The molecule has 4 saturated carbocycles. The summed E-state index contributed by atoms with van der Waals surface area (Å²) in [7, 11) is 0. The number of rotatable bonds is 7. The standard InChI is InChI=1S/C18H31NO/c1-2-3-4-5-6-7-17(20)19-18-11-14-8-15(12-18)10-16(9-14)13-18/h14-16H,2-13H2,1H3,(H,19,20). The molecule has 0 saturated heterocycles. The van der Waals surface area contributed by atoms with Crippen molar-refractivity contribution in [2.75, 3.05) is 0 Å². The molecule has 0 atom stereocenters. The summed E-state index contributed by atoms with van der Waals surface area (Å²) in [6, 6.07) is 0. The Labute approximate surface area is 124 Å². The first-order valence-corrected chi connectivity index (χ1v) is 9.00. The monoisotopic (exact) mass is 277 g/mol. The summed E-state index contributed by atoms with van der Waals surface area (Å²) in [5, 5.41) is 3.48. The van der Waals surface area contributed by atoms with Gasteiger partial charge in [0.15, 0.2) is 0 Å². The average Bonchev–Trinajstić information content (AvgIpc) is 2.36. The van der Waals surface area contributed by atoms with E-state index in [9.17, 15) is 4.79 Å². The maximum absolute atomic E-state index is 12.2. The summed E-state index contributed by atoms with van der Waals surface area (Å²) in [4.78, 5) is 12.2. The third-order valence-corrected chi connectivity index (χ3v) is 5.95. The topological polar surface area (TPSA) is 29.1 Å². The van der Waals surface area contributed by atoms with Crippen molar-refractivity contribution in [1.82, 2.24) is 5.32 Å². The molecule has 0 aliphatic heterocycles. The highest BCUT2D eigenvalue weighted by Gasteiger charge is 2.51. The van der Waals surface area contributed by atoms with E-state index in [0.717, 1.165) is 30.6 Å². The minimum absolute atomic E-state index is 0.218. The lowest BCUT2D eigenvalue weighted by atomic mass is 9.53. The van der Waals surface area contributed by atoms with Gasteiger partial charge in [-0.15, -0.1) is 0 Å². The lowest BCUT2D eigenvalue weighted by Crippen LogP contribution is -2.59. The van der Waals surface area contributed by atoms with Crippen molar-refractivity contribution in [1.29, 1.82) is 0 Å². The molecule has 20 heavy (non-hydrogen) atoms. The number of carbonyl (C=O) groups excluding carboxylic acids is 1. The third kappa shape index (κ3) is 3.20. The molecule has 0 aromatic carbocycles. The van der Waals surface area contributed by atoms with Gasteiger partial charge in [-0.25, -0.2) is 0 Å². The second-order valence-corrected chi connectivity index (χ2v) is 7.91. The second-order valence-electron chi connectivity index (χ2n) is 7.91. The first kappa shape index (κ1) is 14.4. The lowest BCUT2D eigenvalue weighted by Gasteiger charge is -2.56. The quantitative estimate of drug-likeness (QED) is 0.685. The predicted molar refractivity (Wildman–Crippen MR) is 82.4 cm³/mol. The first-order chi connectivity index (χ1) is 9.69. The van der Waals surface area contributed by atoms with Crippen LogP contribution in [0.5, 0.6) is 0 Å². The highest BCUT2D eigenvalue weighted by Crippen LogP contribution is 2.55. The van der Waals surface area contributed by atoms with E-state index in [1.165, 1.54) is 64.2 Å². The first-order valence-electron chi connectivity index (χ1n) is 9.00. The molecular weight excluding hydrogens is 246 g/mol. The summed E-state index contributed by atoms with van der Waals surface area (Å²) >= 11 is 0. The number of nitrogens with one attached hydrogen (secondary N) is 1. The van der Waals surface area contributed by atoms with Gasteiger partial charge in [0.1, 0.15) is 0 Å². The molecule has 4 rings (SSSR count). The molecule has 0 heterocycles. The van der Waals surface area contributed by atoms with Crippen LogP contribution in [0.25, 0.3) is 0 Å². The molecule has 2 nitrogen and oxygen atoms in total. The molecule has 2 heteroatoms. The van der Waals surface area contributed by atoms with Crippen LogP contribution in [0.15, 0.2) is 0 Å². The van der Waals surface area contributed by atoms with E-state index in [4.69, 9.17) is 0 Å². The van der Waals surface area contributed by atoms with Crippen LogP contribution in [0.2, 0.25) is 0 Å². The minimum atomic E-state index is 0.218. The zero-order valence-corrected chi connectivity index (χ0v) is 13.1. The SMILES string of the molecule is CCCCCCCC(=O)NC12CC3CC(CC(C3)C1)C2. The molecular formula is C18H31NO. The third-order valence-electron chi connectivity index (χ3n) is 5.95. The maximum atomic E-state index is 12.2. The van der Waals surface area contributed by atoms with Gasteiger partial charge in [-0.3, -0.25) is 4.79 Å². The normalized spacial score (nSPS) is 38.1. The minimum Gasteiger partial charge on any atom is -0.351 e. The molecule has 1 amide bonds. The van der Waals surface area contributed by atoms with Gasteiger partial charge >= 0.3 is 0 Å². The van der Waals surface area contributed by atoms with Gasteiger partial charge in [0.25, 0.3) is 0 Å². The summed E-state index contributed by atoms with van der Waals surface area (Å²) in [5.74, 6) is 3.10. The number of carbonyl (C=O) groups is 1. The highest BCUT2D eigenvalue weighted by atomic mass is 16.1. The van der Waals surface area contributed by atoms with Crippen molar-refractivity contribution in [2.45, 2.75) is 89.5 Å². The van der Waals surface area contributed by atoms with Gasteiger partial charge in [-0.05, 0) is 62.7 Å². The smallest absolute Gasteiger partial charge is 0.220 e. The fourth-order valence-electron chi connectivity index (χ4n) is 5.51. The molecule has 4 aliphatic rings. The van der Waals surface area contributed by atoms with Crippen LogP contribution in [-0.4, -0.2) is 11.4 Å². The van der Waals surface area contributed by atoms with Crippen molar-refractivity contribution in [3.05, 3.63) is 0 Å². The van der Waals surface area contributed by atoms with Crippen molar-refractivity contribution in [2.24, 2.45) is 17.8 Å². The molecule has 0 radical (unpaired) electrons. The van der Waals surface area contributed by atoms with Crippen LogP contribution in [0.4, 0.5) is 0 Å². The maximum Gasteiger partial charge on any atom is 0.220 e. The van der Waals surface area contributed by atoms with Crippen molar-refractivity contribution < 1.29 is 4.79 Å². The molecule has 0 aromatic heterocycles. The summed E-state index contributed by atoms with van der Waals surface area (Å²) < 4.78 is 0. The van der Waals surface area contributed by atoms with Gasteiger partial charge in [-0.2, -0.15) is 0 Å². The summed E-state index contributed by atoms with van der Waals surface area (Å²) in [6.07, 6.45) is 15.1. The molecule has 4 bridgehead atoms. The van der Waals surface area contributed by atoms with Crippen molar-refractivity contribution >= 4 is 5.91 Å². The van der Waals surface area contributed by atoms with Gasteiger partial charge in [0, 0.05) is 12.0 Å². The molecule has 1 N–H and O–H groups in total. The van der Waals surface area contributed by atoms with E-state index in [1.807, 2.05) is 0 Å². The van der Waals surface area contributed by atoms with E-state index in [-0.39, 0.29) is 5.54 Å². The number of hydrogen-bond acceptors (Lipinski definition) is 1. The van der Waals surface area contributed by atoms with E-state index < -0.39 is 0 Å². The Morgan fingerprint density at radius 3 is 2.05 bits per heavy atom. The number of hydrogen-bond donors (Lipinski definition) is 1. The molecule has 4 aliphatic carbocycles. The molecule has 0 aromatic rings. The van der Waals surface area contributed by atoms with Crippen LogP contribution in [0.3, 0.4) is 0 Å². The van der Waals surface area contributed by atoms with Crippen molar-refractivity contribution in [3.8, 4) is 0 Å². The van der Waals surface area contributed by atoms with E-state index in [2.05, 4.69) is 12.2 Å².